The number of hydrogen-bond donors (Lipinski definition) is 0. The summed E-state index contributed by atoms with van der Waals surface area (Å²) >= 11 is 2.81. The molecule has 0 radical (unpaired) electrons. The average Bonchev–Trinajstić information content (AvgIpc) is 2.21. The molecule has 0 N–H and O–H groups in total. The Balaban J connectivity index is 5.52. The van der Waals surface area contributed by atoms with Gasteiger partial charge in [-0.2, -0.15) is 0 Å². The summed E-state index contributed by atoms with van der Waals surface area (Å²) in [4.78, 5) is 10.3. The molecule has 0 amide bonds. The Hall–Kier alpha value is -0.0500. The number of ether oxygens (including phenoxy) is 1. The topological polar surface area (TPSA) is 26.3 Å². The molecule has 3 atom stereocenters. The Morgan fingerprint density at radius 2 is 2.38 bits per heavy atom. The van der Waals surface area contributed by atoms with Crippen LogP contribution < -0.4 is 0 Å². The van der Waals surface area contributed by atoms with Gasteiger partial charge in [-0.1, -0.05) is 36.1 Å². The fourth-order valence-electron chi connectivity index (χ4n) is 0.565. The molecule has 0 saturated carbocycles. The van der Waals surface area contributed by atoms with Gasteiger partial charge in [0.25, 0.3) is 0 Å². The molecule has 0 fully saturated rings. The van der Waals surface area contributed by atoms with E-state index in [1.54, 1.807) is 20.8 Å². The van der Waals surface area contributed by atoms with E-state index in [4.69, 9.17) is 14.3 Å². The maximum Gasteiger partial charge on any atom is 0.320 e. The van der Waals surface area contributed by atoms with Gasteiger partial charge in [-0.3, -0.25) is 4.79 Å². The van der Waals surface area contributed by atoms with Gasteiger partial charge >= 0.3 is 5.97 Å². The highest BCUT2D eigenvalue weighted by Gasteiger charge is 2.26. The lowest BCUT2D eigenvalue weighted by molar-refractivity contribution is -0.154. The SMILES string of the molecule is [2H][13CH]([2H])[13C@@H]([2H])[13C@@]([2H])([13CH](Br)[13C](=O)OC(C)(C)C)C([2H])([2H])[2H]. The second-order valence-electron chi connectivity index (χ2n) is 3.52. The largest absolute Gasteiger partial charge is 0.459 e. The van der Waals surface area contributed by atoms with E-state index in [2.05, 4.69) is 15.9 Å². The van der Waals surface area contributed by atoms with Crippen LogP contribution in [-0.4, -0.2) is 16.4 Å². The van der Waals surface area contributed by atoms with Crippen LogP contribution >= 0.6 is 15.9 Å². The summed E-state index contributed by atoms with van der Waals surface area (Å²) in [6.45, 7) is -0.148. The lowest BCUT2D eigenvalue weighted by Gasteiger charge is -2.23. The summed E-state index contributed by atoms with van der Waals surface area (Å²) < 4.78 is 57.2. The summed E-state index contributed by atoms with van der Waals surface area (Å²) in [7, 11) is 0. The molecule has 0 rings (SSSR count). The van der Waals surface area contributed by atoms with Crippen LogP contribution in [0.15, 0.2) is 0 Å². The minimum atomic E-state index is -3.02. The number of rotatable bonds is 3. The number of carbonyl (C=O) groups is 1. The molecule has 0 bridgehead atoms. The van der Waals surface area contributed by atoms with Gasteiger partial charge in [0.1, 0.15) is 10.4 Å². The summed E-state index contributed by atoms with van der Waals surface area (Å²) in [5.74, 6) is -3.65. The number of esters is 1. The van der Waals surface area contributed by atoms with Crippen molar-refractivity contribution in [2.45, 2.75) is 51.3 Å². The molecule has 0 spiro atoms. The Morgan fingerprint density at radius 1 is 1.77 bits per heavy atom. The van der Waals surface area contributed by atoms with Crippen LogP contribution in [0.25, 0.3) is 0 Å². The van der Waals surface area contributed by atoms with E-state index in [1.165, 1.54) is 0 Å². The third-order valence-corrected chi connectivity index (χ3v) is 1.93. The van der Waals surface area contributed by atoms with E-state index < -0.39 is 42.4 Å². The van der Waals surface area contributed by atoms with Gasteiger partial charge in [0.15, 0.2) is 0 Å². The molecule has 13 heavy (non-hydrogen) atoms. The monoisotopic (exact) mass is 262 g/mol. The lowest BCUT2D eigenvalue weighted by atomic mass is 10.2. The van der Waals surface area contributed by atoms with Gasteiger partial charge in [0, 0.05) is 9.60 Å². The first-order chi connectivity index (χ1) is 8.64. The van der Waals surface area contributed by atoms with E-state index in [0.717, 1.165) is 0 Å². The second-order valence-corrected chi connectivity index (χ2v) is 4.43. The van der Waals surface area contributed by atoms with Crippen molar-refractivity contribution in [3.63, 3.8) is 0 Å². The molecule has 3 heteroatoms. The van der Waals surface area contributed by atoms with Crippen molar-refractivity contribution in [1.29, 1.82) is 0 Å². The molecular weight excluding hydrogens is 237 g/mol. The fraction of sp³-hybridized carbons (Fsp3) is 0.900. The van der Waals surface area contributed by atoms with Gasteiger partial charge < -0.3 is 4.74 Å². The molecule has 1 unspecified atom stereocenters. The Kier molecular flexibility index (Phi) is 1.98. The summed E-state index contributed by atoms with van der Waals surface area (Å²) in [5, 5.41) is 0. The summed E-state index contributed by atoms with van der Waals surface area (Å²) in [5.41, 5.74) is -0.877. The van der Waals surface area contributed by atoms with Gasteiger partial charge in [0.05, 0.1) is 0 Å². The first kappa shape index (κ1) is 5.15. The van der Waals surface area contributed by atoms with Gasteiger partial charge in [-0.25, -0.2) is 0 Å². The Morgan fingerprint density at radius 3 is 2.77 bits per heavy atom. The standard InChI is InChI=1S/C10H19BrO2/c1-6-7(2)8(11)9(12)13-10(3,4)5/h7-8H,6H2,1-5H3/t7-,8?/m0/s1/i1+1D2,2D3,6+1D,7+1D,8+1,9+1/t6-,7+,8?/m1. The van der Waals surface area contributed by atoms with Crippen LogP contribution in [0.4, 0.5) is 0 Å². The molecule has 0 heterocycles. The Bertz CT molecular complexity index is 352. The number of hydrogen-bond acceptors (Lipinski definition) is 2. The zero-order chi connectivity index (χ0) is 16.5. The number of halogens is 1. The minimum absolute atomic E-state index is 0.877. The third kappa shape index (κ3) is 5.29. The van der Waals surface area contributed by atoms with Crippen molar-refractivity contribution in [3.05, 3.63) is 0 Å². The summed E-state index contributed by atoms with van der Waals surface area (Å²) in [6, 6.07) is 0. The number of carbonyl (C=O) groups excluding carboxylic acids is 1. The van der Waals surface area contributed by atoms with Gasteiger partial charge in [-0.05, 0) is 26.7 Å². The molecule has 78 valence electrons. The summed E-state index contributed by atoms with van der Waals surface area (Å²) in [6.07, 6.45) is -1.92. The quantitative estimate of drug-likeness (QED) is 0.444. The maximum absolute atomic E-state index is 11.9. The van der Waals surface area contributed by atoms with Crippen LogP contribution in [0, 0.1) is 5.89 Å². The fourth-order valence-corrected chi connectivity index (χ4v) is 0.811. The molecule has 2 nitrogen and oxygen atoms in total. The zero-order valence-corrected chi connectivity index (χ0v) is 9.51. The normalized spacial score (nSPS) is 30.4. The van der Waals surface area contributed by atoms with Crippen LogP contribution in [-0.2, 0) is 9.53 Å². The first-order valence-electron chi connectivity index (χ1n) is 7.51. The van der Waals surface area contributed by atoms with E-state index in [9.17, 15) is 4.79 Å². The van der Waals surface area contributed by atoms with Crippen molar-refractivity contribution in [2.24, 2.45) is 5.89 Å². The first-order valence-corrected chi connectivity index (χ1v) is 4.70. The third-order valence-electron chi connectivity index (χ3n) is 1.07. The van der Waals surface area contributed by atoms with Crippen molar-refractivity contribution >= 4 is 21.9 Å². The molecule has 0 aliphatic carbocycles. The van der Waals surface area contributed by atoms with Gasteiger partial charge in [-0.15, -0.1) is 0 Å². The van der Waals surface area contributed by atoms with E-state index >= 15 is 0 Å². The van der Waals surface area contributed by atoms with Gasteiger partial charge in [0.2, 0.25) is 0 Å². The van der Waals surface area contributed by atoms with E-state index in [-0.39, 0.29) is 0 Å². The van der Waals surface area contributed by atoms with E-state index in [0.29, 0.717) is 0 Å². The van der Waals surface area contributed by atoms with Crippen LogP contribution in [0.1, 0.15) is 50.5 Å². The molecule has 0 aliphatic rings. The average molecular weight is 263 g/mol. The van der Waals surface area contributed by atoms with Crippen molar-refractivity contribution in [3.8, 4) is 0 Å². The molecule has 0 saturated heterocycles. The molecule has 0 aromatic carbocycles. The highest BCUT2D eigenvalue weighted by Crippen LogP contribution is 2.20. The molecule has 0 aliphatic heterocycles. The minimum Gasteiger partial charge on any atom is -0.459 e. The second kappa shape index (κ2) is 4.99. The van der Waals surface area contributed by atoms with Crippen LogP contribution in [0.2, 0.25) is 0 Å². The lowest BCUT2D eigenvalue weighted by Crippen LogP contribution is -2.31. The highest BCUT2D eigenvalue weighted by atomic mass is 79.9. The van der Waals surface area contributed by atoms with E-state index in [1.807, 2.05) is 0 Å². The number of alkyl halides is 1. The Labute approximate surface area is 99.0 Å². The zero-order valence-electron chi connectivity index (χ0n) is 14.9. The van der Waals surface area contributed by atoms with Crippen molar-refractivity contribution in [1.82, 2.24) is 0 Å². The maximum atomic E-state index is 11.9. The molecule has 0 aromatic heterocycles. The predicted molar refractivity (Wildman–Crippen MR) is 58.0 cm³/mol. The smallest absolute Gasteiger partial charge is 0.320 e. The highest BCUT2D eigenvalue weighted by molar-refractivity contribution is 9.10. The van der Waals surface area contributed by atoms with Crippen LogP contribution in [0.5, 0.6) is 0 Å². The molecular formula is C10H19BrO2. The predicted octanol–water partition coefficient (Wildman–Crippen LogP) is 3.14. The van der Waals surface area contributed by atoms with Crippen molar-refractivity contribution in [2.75, 3.05) is 0 Å². The molecule has 0 aromatic rings. The van der Waals surface area contributed by atoms with Crippen LogP contribution in [0.3, 0.4) is 0 Å². The van der Waals surface area contributed by atoms with Crippen molar-refractivity contribution < 1.29 is 19.1 Å².